The van der Waals surface area contributed by atoms with Crippen LogP contribution in [0.5, 0.6) is 0 Å². The molecule has 0 unspecified atom stereocenters. The second-order valence-corrected chi connectivity index (χ2v) is 35.6. The van der Waals surface area contributed by atoms with Gasteiger partial charge in [-0.3, -0.25) is 0 Å². The van der Waals surface area contributed by atoms with E-state index in [1.165, 1.54) is 152 Å². The van der Waals surface area contributed by atoms with Crippen LogP contribution in [-0.4, -0.2) is 66.1 Å². The van der Waals surface area contributed by atoms with E-state index in [0.717, 1.165) is 238 Å². The Hall–Kier alpha value is -9.43. The topological polar surface area (TPSA) is 217 Å². The number of aryl methyl sites for hydroxylation is 5. The molecule has 0 spiro atoms. The number of H-pyrrole nitrogens is 6. The predicted octanol–water partition coefficient (Wildman–Crippen LogP) is 30.4. The van der Waals surface area contributed by atoms with Crippen molar-refractivity contribution >= 4 is 209 Å². The Labute approximate surface area is 783 Å². The number of hydrogen-bond donors (Lipinski definition) is 6. The van der Waals surface area contributed by atoms with Gasteiger partial charge in [-0.1, -0.05) is 163 Å². The normalized spacial score (nSPS) is 12.0. The van der Waals surface area contributed by atoms with E-state index in [4.69, 9.17) is 39.9 Å². The molecule has 0 aromatic carbocycles. The monoisotopic (exact) mass is 1970 g/mol. The minimum Gasteiger partial charge on any atom is -0.657 e. The molecular formula is C105H118Br4N14OZn. The number of aldehydes is 1. The fourth-order valence-corrected chi connectivity index (χ4v) is 17.9. The molecule has 17 rings (SSSR count). The maximum absolute atomic E-state index is 9.68. The van der Waals surface area contributed by atoms with Gasteiger partial charge in [-0.25, -0.2) is 29.9 Å². The van der Waals surface area contributed by atoms with Crippen molar-refractivity contribution in [3.63, 3.8) is 0 Å². The maximum Gasteiger partial charge on any atom is 2.00 e. The van der Waals surface area contributed by atoms with E-state index in [9.17, 15) is 4.79 Å². The molecule has 20 heteroatoms. The van der Waals surface area contributed by atoms with Crippen molar-refractivity contribution in [1.82, 2.24) is 69.8 Å². The molecule has 0 saturated heterocycles. The van der Waals surface area contributed by atoms with E-state index in [0.29, 0.717) is 0 Å². The van der Waals surface area contributed by atoms with Gasteiger partial charge in [-0.05, 0) is 322 Å². The molecule has 125 heavy (non-hydrogen) atoms. The van der Waals surface area contributed by atoms with Gasteiger partial charge in [0, 0.05) is 95.4 Å². The molecule has 0 radical (unpaired) electrons. The average Bonchev–Trinajstić information content (AvgIpc) is 1.65. The summed E-state index contributed by atoms with van der Waals surface area (Å²) >= 11 is 15.3. The van der Waals surface area contributed by atoms with Gasteiger partial charge in [0.15, 0.2) is 0 Å². The van der Waals surface area contributed by atoms with Gasteiger partial charge in [0.1, 0.15) is 6.29 Å². The quantitative estimate of drug-likeness (QED) is 0.0143. The largest absolute Gasteiger partial charge is 2.00 e. The number of unbranched alkanes of at least 4 members (excludes halogenated alkanes) is 15. The number of nitrogens with zero attached hydrogens (tertiary/aromatic N) is 8. The van der Waals surface area contributed by atoms with Crippen molar-refractivity contribution in [2.45, 2.75) is 235 Å². The summed E-state index contributed by atoms with van der Waals surface area (Å²) < 4.78 is 3.78. The first-order valence-corrected chi connectivity index (χ1v) is 48.5. The average molecular weight is 1980 g/mol. The zero-order valence-corrected chi connectivity index (χ0v) is 83.1. The summed E-state index contributed by atoms with van der Waals surface area (Å²) in [6.45, 7) is 15.6. The fourth-order valence-electron chi connectivity index (χ4n) is 16.1. The van der Waals surface area contributed by atoms with E-state index < -0.39 is 0 Å². The van der Waals surface area contributed by atoms with Crippen molar-refractivity contribution in [2.75, 3.05) is 0 Å². The molecule has 6 aliphatic rings. The Kier molecular flexibility index (Phi) is 36.7. The Morgan fingerprint density at radius 1 is 0.296 bits per heavy atom. The molecule has 6 aliphatic heterocycles. The third-order valence-electron chi connectivity index (χ3n) is 23.0. The van der Waals surface area contributed by atoms with Gasteiger partial charge in [0.25, 0.3) is 0 Å². The molecule has 0 saturated carbocycles. The predicted molar refractivity (Wildman–Crippen MR) is 539 cm³/mol. The van der Waals surface area contributed by atoms with Crippen LogP contribution in [0.4, 0.5) is 0 Å². The number of halogens is 4. The van der Waals surface area contributed by atoms with Crippen molar-refractivity contribution in [2.24, 2.45) is 0 Å². The van der Waals surface area contributed by atoms with E-state index in [1.807, 2.05) is 24.5 Å². The summed E-state index contributed by atoms with van der Waals surface area (Å²) in [5.41, 5.74) is 34.3. The Balaban J connectivity index is 0.000000154. The summed E-state index contributed by atoms with van der Waals surface area (Å²) in [7, 11) is 0. The van der Waals surface area contributed by atoms with Gasteiger partial charge in [-0.15, -0.1) is 22.1 Å². The molecule has 0 aliphatic carbocycles. The maximum atomic E-state index is 9.68. The van der Waals surface area contributed by atoms with Crippen molar-refractivity contribution in [3.05, 3.63) is 253 Å². The van der Waals surface area contributed by atoms with Crippen LogP contribution < -0.4 is 9.97 Å². The van der Waals surface area contributed by atoms with Crippen LogP contribution >= 0.6 is 63.7 Å². The summed E-state index contributed by atoms with van der Waals surface area (Å²) in [5.74, 6) is 0. The zero-order valence-electron chi connectivity index (χ0n) is 73.8. The minimum atomic E-state index is 0. The second kappa shape index (κ2) is 48.5. The number of rotatable bonds is 30. The van der Waals surface area contributed by atoms with E-state index in [1.54, 1.807) is 0 Å². The van der Waals surface area contributed by atoms with Gasteiger partial charge in [0.2, 0.25) is 0 Å². The third kappa shape index (κ3) is 25.5. The van der Waals surface area contributed by atoms with Crippen LogP contribution in [0.2, 0.25) is 0 Å². The van der Waals surface area contributed by atoms with Crippen LogP contribution in [-0.2, 0) is 69.2 Å². The van der Waals surface area contributed by atoms with E-state index in [2.05, 4.69) is 312 Å². The second-order valence-electron chi connectivity index (χ2n) is 32.4. The van der Waals surface area contributed by atoms with Crippen molar-refractivity contribution in [1.29, 1.82) is 0 Å². The number of carbonyl (C=O) groups is 1. The molecular weight excluding hydrogens is 1860 g/mol. The first kappa shape index (κ1) is 94.7. The fraction of sp³-hybridized carbons (Fsp3) is 0.343. The molecule has 11 aromatic rings. The van der Waals surface area contributed by atoms with Gasteiger partial charge in [0.05, 0.1) is 88.3 Å². The number of hydrogen-bond acceptors (Lipinski definition) is 7. The van der Waals surface area contributed by atoms with Crippen LogP contribution in [0.15, 0.2) is 139 Å². The summed E-state index contributed by atoms with van der Waals surface area (Å²) in [5, 5.41) is 0. The summed E-state index contributed by atoms with van der Waals surface area (Å²) in [6.07, 6.45) is 62.6. The van der Waals surface area contributed by atoms with Crippen LogP contribution in [0.3, 0.4) is 0 Å². The number of nitrogens with one attached hydrogen (secondary N) is 6. The SMILES string of the molecule is CCCCCC=O.CCCCCc1c2nc(c(Br)c3ccc([n-]3)c(CCCCC)c3nc(c(Br)c4ccc1[n-]4)C=C3)C=C2.CCCCCc1c2nc(c(Br)c3nc(c(CCCCC)c4ccc([nH]4)c(Br)c4ccc1[nH]4)C=C3)C=C2.CCCCCc1c2nc(cc3ccc([nH]3)c(CCCCC)c3ccc(cc4nc1C=C4)[nH]3)C=C2.[Zn+2].c1c[nH]c(Cc2ccc[nH]2)c1. The van der Waals surface area contributed by atoms with Crippen molar-refractivity contribution < 1.29 is 24.3 Å². The molecule has 24 bridgehead atoms. The molecule has 17 heterocycles. The van der Waals surface area contributed by atoms with Gasteiger partial charge in [-0.2, -0.15) is 0 Å². The number of aromatic amines is 6. The number of aromatic nitrogens is 14. The minimum absolute atomic E-state index is 0. The van der Waals surface area contributed by atoms with Crippen molar-refractivity contribution in [3.8, 4) is 0 Å². The van der Waals surface area contributed by atoms with Gasteiger partial charge < -0.3 is 44.7 Å². The van der Waals surface area contributed by atoms with Crippen LogP contribution in [0, 0.1) is 0 Å². The first-order valence-electron chi connectivity index (χ1n) is 45.3. The molecule has 15 nitrogen and oxygen atoms in total. The Morgan fingerprint density at radius 3 is 0.992 bits per heavy atom. The molecule has 0 atom stereocenters. The standard InChI is InChI=1S/C30H32Br2N4.C30H30Br2N4.C30H34N4.C9H10N2.C6H12O.Zn/c2*1-3-5-7-9-19-21-11-15-25(33-21)29(31)27-17-13-23(35-27)20(10-8-6-4-2)24-14-18-28(36-24)30(32)26-16-12-22(19)34-26;1-3-5-7-9-25-27-15-11-21(31-27)19-23-13-17-29(33-23)26(10-8-6-4-2)30-18-14-24(34-30)20-22-12-16-28(25)32-22;1-3-8(10-5-1)7-9-4-2-6-11-9;1-2-3-4-5-6-7;/h11-18,33,35H,3-10H2,1-2H3;11-18H,3-10H2,1-2H3;11-20,31-32H,3-10H2,1-2H3;1-6,10-11H,7H2;6H,2-5H2,1H3;/q;-2;;;;+2. The third-order valence-corrected chi connectivity index (χ3v) is 26.3. The number of carbonyl (C=O) groups excluding carboxylic acids is 1. The molecule has 11 aromatic heterocycles. The zero-order chi connectivity index (χ0) is 86.5. The van der Waals surface area contributed by atoms with E-state index in [-0.39, 0.29) is 19.5 Å². The number of fused-ring (bicyclic) bond motifs is 24. The molecule has 0 fully saturated rings. The Bertz CT molecular complexity index is 5830. The molecule has 644 valence electrons. The molecule has 6 N–H and O–H groups in total. The summed E-state index contributed by atoms with van der Waals surface area (Å²) in [6, 6.07) is 38.2. The van der Waals surface area contributed by atoms with Crippen LogP contribution in [0.1, 0.15) is 303 Å². The first-order chi connectivity index (χ1) is 60.8. The summed E-state index contributed by atoms with van der Waals surface area (Å²) in [4.78, 5) is 70.7. The van der Waals surface area contributed by atoms with E-state index >= 15 is 0 Å². The smallest absolute Gasteiger partial charge is 0.657 e. The Morgan fingerprint density at radius 2 is 0.608 bits per heavy atom. The molecule has 0 amide bonds. The van der Waals surface area contributed by atoms with Crippen LogP contribution in [0.25, 0.3) is 139 Å². The van der Waals surface area contributed by atoms with Gasteiger partial charge >= 0.3 is 19.5 Å².